The fourth-order valence-electron chi connectivity index (χ4n) is 1.66. The predicted molar refractivity (Wildman–Crippen MR) is 72.9 cm³/mol. The SMILES string of the molecule is O=C(NCCCCCO)c1nc2ccccc2s1. The Morgan fingerprint density at radius 3 is 2.89 bits per heavy atom. The van der Waals surface area contributed by atoms with E-state index in [0.29, 0.717) is 11.6 Å². The van der Waals surface area contributed by atoms with Gasteiger partial charge in [-0.3, -0.25) is 4.79 Å². The molecular formula is C13H16N2O2S. The number of amides is 1. The van der Waals surface area contributed by atoms with Crippen LogP contribution in [-0.4, -0.2) is 29.1 Å². The summed E-state index contributed by atoms with van der Waals surface area (Å²) in [6, 6.07) is 7.73. The highest BCUT2D eigenvalue weighted by molar-refractivity contribution is 7.20. The minimum absolute atomic E-state index is 0.111. The number of thiazole rings is 1. The molecule has 0 aliphatic carbocycles. The molecule has 0 unspecified atom stereocenters. The zero-order valence-corrected chi connectivity index (χ0v) is 10.9. The first-order chi connectivity index (χ1) is 8.81. The molecule has 0 aliphatic heterocycles. The minimum Gasteiger partial charge on any atom is -0.396 e. The van der Waals surface area contributed by atoms with Gasteiger partial charge in [-0.25, -0.2) is 4.98 Å². The quantitative estimate of drug-likeness (QED) is 0.786. The molecule has 0 saturated heterocycles. The number of nitrogens with one attached hydrogen (secondary N) is 1. The molecule has 1 heterocycles. The summed E-state index contributed by atoms with van der Waals surface area (Å²) in [7, 11) is 0. The smallest absolute Gasteiger partial charge is 0.280 e. The van der Waals surface area contributed by atoms with Crippen molar-refractivity contribution in [3.8, 4) is 0 Å². The Kier molecular flexibility index (Phi) is 4.66. The molecular weight excluding hydrogens is 248 g/mol. The van der Waals surface area contributed by atoms with Gasteiger partial charge >= 0.3 is 0 Å². The summed E-state index contributed by atoms with van der Waals surface area (Å²) in [6.07, 6.45) is 2.60. The fourth-order valence-corrected chi connectivity index (χ4v) is 2.54. The second kappa shape index (κ2) is 6.47. The number of nitrogens with zero attached hydrogens (tertiary/aromatic N) is 1. The summed E-state index contributed by atoms with van der Waals surface area (Å²) in [5, 5.41) is 12.0. The monoisotopic (exact) mass is 264 g/mol. The molecule has 5 heteroatoms. The largest absolute Gasteiger partial charge is 0.396 e. The second-order valence-electron chi connectivity index (χ2n) is 4.03. The van der Waals surface area contributed by atoms with Gasteiger partial charge in [-0.2, -0.15) is 0 Å². The maximum Gasteiger partial charge on any atom is 0.280 e. The van der Waals surface area contributed by atoms with Crippen LogP contribution in [0.1, 0.15) is 29.1 Å². The van der Waals surface area contributed by atoms with Gasteiger partial charge in [0.1, 0.15) is 0 Å². The summed E-state index contributed by atoms with van der Waals surface area (Å²) in [4.78, 5) is 16.1. The number of aromatic nitrogens is 1. The summed E-state index contributed by atoms with van der Waals surface area (Å²) in [5.74, 6) is -0.111. The standard InChI is InChI=1S/C13H16N2O2S/c16-9-5-1-4-8-14-12(17)13-15-10-6-2-3-7-11(10)18-13/h2-3,6-7,16H,1,4-5,8-9H2,(H,14,17). The van der Waals surface area contributed by atoms with E-state index in [1.165, 1.54) is 11.3 Å². The summed E-state index contributed by atoms with van der Waals surface area (Å²) in [6.45, 7) is 0.848. The van der Waals surface area contributed by atoms with Gasteiger partial charge in [-0.1, -0.05) is 12.1 Å². The van der Waals surface area contributed by atoms with Gasteiger partial charge in [0, 0.05) is 13.2 Å². The lowest BCUT2D eigenvalue weighted by molar-refractivity contribution is 0.0952. The van der Waals surface area contributed by atoms with Crippen molar-refractivity contribution in [3.63, 3.8) is 0 Å². The zero-order valence-electron chi connectivity index (χ0n) is 10.1. The van der Waals surface area contributed by atoms with E-state index in [-0.39, 0.29) is 12.5 Å². The van der Waals surface area contributed by atoms with Crippen LogP contribution in [0.15, 0.2) is 24.3 Å². The van der Waals surface area contributed by atoms with Gasteiger partial charge in [-0.05, 0) is 31.4 Å². The van der Waals surface area contributed by atoms with Crippen LogP contribution < -0.4 is 5.32 Å². The van der Waals surface area contributed by atoms with E-state index >= 15 is 0 Å². The lowest BCUT2D eigenvalue weighted by atomic mass is 10.2. The summed E-state index contributed by atoms with van der Waals surface area (Å²) in [5.41, 5.74) is 0.868. The number of hydrogen-bond donors (Lipinski definition) is 2. The first-order valence-electron chi connectivity index (χ1n) is 6.06. The minimum atomic E-state index is -0.111. The van der Waals surface area contributed by atoms with E-state index in [0.717, 1.165) is 29.5 Å². The van der Waals surface area contributed by atoms with Crippen LogP contribution >= 0.6 is 11.3 Å². The highest BCUT2D eigenvalue weighted by atomic mass is 32.1. The van der Waals surface area contributed by atoms with Gasteiger partial charge in [0.2, 0.25) is 0 Å². The molecule has 0 aliphatic rings. The first-order valence-corrected chi connectivity index (χ1v) is 6.87. The number of aliphatic hydroxyl groups excluding tert-OH is 1. The highest BCUT2D eigenvalue weighted by Gasteiger charge is 2.10. The van der Waals surface area contributed by atoms with E-state index in [9.17, 15) is 4.79 Å². The summed E-state index contributed by atoms with van der Waals surface area (Å²) < 4.78 is 1.03. The third kappa shape index (κ3) is 3.27. The molecule has 2 aromatic rings. The van der Waals surface area contributed by atoms with Crippen LogP contribution in [0.2, 0.25) is 0 Å². The van der Waals surface area contributed by atoms with Crippen molar-refractivity contribution in [2.45, 2.75) is 19.3 Å². The number of hydrogen-bond acceptors (Lipinski definition) is 4. The fraction of sp³-hybridized carbons (Fsp3) is 0.385. The number of para-hydroxylation sites is 1. The molecule has 0 radical (unpaired) electrons. The van der Waals surface area contributed by atoms with E-state index in [2.05, 4.69) is 10.3 Å². The van der Waals surface area contributed by atoms with Gasteiger partial charge in [-0.15, -0.1) is 11.3 Å². The van der Waals surface area contributed by atoms with Gasteiger partial charge in [0.05, 0.1) is 10.2 Å². The Morgan fingerprint density at radius 1 is 1.28 bits per heavy atom. The maximum atomic E-state index is 11.8. The van der Waals surface area contributed by atoms with Gasteiger partial charge in [0.25, 0.3) is 5.91 Å². The van der Waals surface area contributed by atoms with Crippen molar-refractivity contribution < 1.29 is 9.90 Å². The third-order valence-corrected chi connectivity index (χ3v) is 3.64. The van der Waals surface area contributed by atoms with Crippen molar-refractivity contribution in [2.24, 2.45) is 0 Å². The molecule has 2 N–H and O–H groups in total. The van der Waals surface area contributed by atoms with E-state index in [1.807, 2.05) is 24.3 Å². The normalized spacial score (nSPS) is 10.7. The highest BCUT2D eigenvalue weighted by Crippen LogP contribution is 2.21. The van der Waals surface area contributed by atoms with Crippen LogP contribution in [0.5, 0.6) is 0 Å². The number of unbranched alkanes of at least 4 members (excludes halogenated alkanes) is 2. The van der Waals surface area contributed by atoms with Gasteiger partial charge < -0.3 is 10.4 Å². The van der Waals surface area contributed by atoms with E-state index < -0.39 is 0 Å². The van der Waals surface area contributed by atoms with Crippen molar-refractivity contribution in [1.29, 1.82) is 0 Å². The van der Waals surface area contributed by atoms with Crippen LogP contribution in [0.4, 0.5) is 0 Å². The van der Waals surface area contributed by atoms with E-state index in [1.54, 1.807) is 0 Å². The van der Waals surface area contributed by atoms with Crippen LogP contribution in [0.3, 0.4) is 0 Å². The summed E-state index contributed by atoms with van der Waals surface area (Å²) >= 11 is 1.41. The average Bonchev–Trinajstić information content (AvgIpc) is 2.82. The number of carbonyl (C=O) groups excluding carboxylic acids is 1. The molecule has 0 saturated carbocycles. The Balaban J connectivity index is 1.88. The Hall–Kier alpha value is -1.46. The number of carbonyl (C=O) groups is 1. The molecule has 0 atom stereocenters. The van der Waals surface area contributed by atoms with Crippen LogP contribution in [0.25, 0.3) is 10.2 Å². The molecule has 1 amide bonds. The topological polar surface area (TPSA) is 62.2 Å². The average molecular weight is 264 g/mol. The number of fused-ring (bicyclic) bond motifs is 1. The van der Waals surface area contributed by atoms with Crippen molar-refractivity contribution in [2.75, 3.05) is 13.2 Å². The van der Waals surface area contributed by atoms with Crippen molar-refractivity contribution >= 4 is 27.5 Å². The third-order valence-electron chi connectivity index (χ3n) is 2.61. The maximum absolute atomic E-state index is 11.8. The van der Waals surface area contributed by atoms with E-state index in [4.69, 9.17) is 5.11 Å². The molecule has 96 valence electrons. The molecule has 2 rings (SSSR count). The molecule has 0 fully saturated rings. The number of rotatable bonds is 6. The van der Waals surface area contributed by atoms with Crippen LogP contribution in [-0.2, 0) is 0 Å². The molecule has 1 aromatic heterocycles. The van der Waals surface area contributed by atoms with Crippen LogP contribution in [0, 0.1) is 0 Å². The molecule has 0 bridgehead atoms. The molecule has 0 spiro atoms. The zero-order chi connectivity index (χ0) is 12.8. The molecule has 1 aromatic carbocycles. The lowest BCUT2D eigenvalue weighted by Gasteiger charge is -2.01. The molecule has 18 heavy (non-hydrogen) atoms. The Bertz CT molecular complexity index is 491. The molecule has 4 nitrogen and oxygen atoms in total. The Morgan fingerprint density at radius 2 is 2.11 bits per heavy atom. The van der Waals surface area contributed by atoms with Crippen molar-refractivity contribution in [3.05, 3.63) is 29.3 Å². The Labute approximate surface area is 110 Å². The van der Waals surface area contributed by atoms with Crippen molar-refractivity contribution in [1.82, 2.24) is 10.3 Å². The number of benzene rings is 1. The van der Waals surface area contributed by atoms with Gasteiger partial charge in [0.15, 0.2) is 5.01 Å². The first kappa shape index (κ1) is 13.0. The number of aliphatic hydroxyl groups is 1. The second-order valence-corrected chi connectivity index (χ2v) is 5.06. The lowest BCUT2D eigenvalue weighted by Crippen LogP contribution is -2.24. The predicted octanol–water partition coefficient (Wildman–Crippen LogP) is 2.19.